The lowest BCUT2D eigenvalue weighted by Gasteiger charge is -2.33. The zero-order chi connectivity index (χ0) is 14.4. The summed E-state index contributed by atoms with van der Waals surface area (Å²) >= 11 is 0. The first kappa shape index (κ1) is 15.3. The van der Waals surface area contributed by atoms with E-state index in [0.29, 0.717) is 32.5 Å². The molecule has 7 heteroatoms. The summed E-state index contributed by atoms with van der Waals surface area (Å²) in [5.41, 5.74) is 0. The van der Waals surface area contributed by atoms with Crippen LogP contribution in [-0.4, -0.2) is 66.2 Å². The lowest BCUT2D eigenvalue weighted by atomic mass is 9.97. The highest BCUT2D eigenvalue weighted by atomic mass is 16.5. The normalized spacial score (nSPS) is 16.0. The van der Waals surface area contributed by atoms with Crippen LogP contribution in [0.25, 0.3) is 0 Å². The second-order valence-corrected chi connectivity index (χ2v) is 4.55. The third-order valence-electron chi connectivity index (χ3n) is 3.08. The first-order chi connectivity index (χ1) is 8.95. The largest absolute Gasteiger partial charge is 0.480 e. The van der Waals surface area contributed by atoms with Crippen LogP contribution in [0.15, 0.2) is 0 Å². The Balaban J connectivity index is 2.43. The van der Waals surface area contributed by atoms with E-state index in [1.165, 1.54) is 7.05 Å². The quantitative estimate of drug-likeness (QED) is 0.748. The van der Waals surface area contributed by atoms with Crippen molar-refractivity contribution in [2.24, 2.45) is 5.92 Å². The van der Waals surface area contributed by atoms with E-state index >= 15 is 0 Å². The Morgan fingerprint density at radius 3 is 2.37 bits per heavy atom. The minimum atomic E-state index is -1.04. The third kappa shape index (κ3) is 4.42. The number of carbonyl (C=O) groups is 3. The van der Waals surface area contributed by atoms with Gasteiger partial charge in [0.2, 0.25) is 0 Å². The number of piperidine rings is 1. The maximum Gasteiger partial charge on any atom is 0.323 e. The fourth-order valence-electron chi connectivity index (χ4n) is 2.08. The predicted molar refractivity (Wildman–Crippen MR) is 66.6 cm³/mol. The van der Waals surface area contributed by atoms with Gasteiger partial charge in [-0.3, -0.25) is 9.59 Å². The minimum absolute atomic E-state index is 0.159. The third-order valence-corrected chi connectivity index (χ3v) is 3.08. The number of ether oxygens (including phenoxy) is 1. The number of rotatable bonds is 4. The number of urea groups is 1. The monoisotopic (exact) mass is 272 g/mol. The van der Waals surface area contributed by atoms with Crippen molar-refractivity contribution in [1.82, 2.24) is 9.80 Å². The van der Waals surface area contributed by atoms with Crippen LogP contribution in [0, 0.1) is 5.92 Å². The van der Waals surface area contributed by atoms with Gasteiger partial charge in [-0.05, 0) is 19.8 Å². The van der Waals surface area contributed by atoms with Crippen LogP contribution < -0.4 is 0 Å². The number of carbonyl (C=O) groups excluding carboxylic acids is 2. The maximum absolute atomic E-state index is 11.9. The SMILES string of the molecule is CCOC(=O)C1CCN(C(=O)N(C)CC(=O)O)CC1. The molecule has 7 nitrogen and oxygen atoms in total. The lowest BCUT2D eigenvalue weighted by molar-refractivity contribution is -0.149. The number of hydrogen-bond donors (Lipinski definition) is 1. The van der Waals surface area contributed by atoms with Crippen molar-refractivity contribution >= 4 is 18.0 Å². The second-order valence-electron chi connectivity index (χ2n) is 4.55. The van der Waals surface area contributed by atoms with Crippen LogP contribution in [0.4, 0.5) is 4.79 Å². The molecule has 0 aromatic carbocycles. The van der Waals surface area contributed by atoms with Crippen LogP contribution in [-0.2, 0) is 14.3 Å². The molecular weight excluding hydrogens is 252 g/mol. The molecule has 0 bridgehead atoms. The number of amides is 2. The van der Waals surface area contributed by atoms with E-state index in [1.54, 1.807) is 11.8 Å². The Kier molecular flexibility index (Phi) is 5.59. The van der Waals surface area contributed by atoms with E-state index in [9.17, 15) is 14.4 Å². The van der Waals surface area contributed by atoms with E-state index in [0.717, 1.165) is 4.90 Å². The van der Waals surface area contributed by atoms with E-state index in [1.807, 2.05) is 0 Å². The van der Waals surface area contributed by atoms with Crippen LogP contribution in [0.2, 0.25) is 0 Å². The molecule has 2 amide bonds. The number of likely N-dealkylation sites (tertiary alicyclic amines) is 1. The number of nitrogens with zero attached hydrogens (tertiary/aromatic N) is 2. The zero-order valence-electron chi connectivity index (χ0n) is 11.3. The van der Waals surface area contributed by atoms with Gasteiger partial charge in [0, 0.05) is 20.1 Å². The van der Waals surface area contributed by atoms with Crippen molar-refractivity contribution < 1.29 is 24.2 Å². The molecule has 0 aliphatic carbocycles. The molecule has 1 aliphatic rings. The van der Waals surface area contributed by atoms with Gasteiger partial charge >= 0.3 is 18.0 Å². The zero-order valence-corrected chi connectivity index (χ0v) is 11.3. The number of hydrogen-bond acceptors (Lipinski definition) is 4. The van der Waals surface area contributed by atoms with Crippen LogP contribution in [0.3, 0.4) is 0 Å². The Hall–Kier alpha value is -1.79. The molecule has 0 aromatic rings. The Labute approximate surface area is 112 Å². The molecule has 1 N–H and O–H groups in total. The van der Waals surface area contributed by atoms with Gasteiger partial charge in [0.1, 0.15) is 6.54 Å². The highest BCUT2D eigenvalue weighted by Crippen LogP contribution is 2.19. The molecule has 1 heterocycles. The molecule has 1 aliphatic heterocycles. The average Bonchev–Trinajstić information content (AvgIpc) is 2.37. The van der Waals surface area contributed by atoms with E-state index < -0.39 is 5.97 Å². The van der Waals surface area contributed by atoms with Gasteiger partial charge < -0.3 is 19.6 Å². The molecule has 108 valence electrons. The van der Waals surface area contributed by atoms with Crippen molar-refractivity contribution in [1.29, 1.82) is 0 Å². The van der Waals surface area contributed by atoms with Gasteiger partial charge in [-0.1, -0.05) is 0 Å². The highest BCUT2D eigenvalue weighted by molar-refractivity contribution is 5.80. The molecule has 1 saturated heterocycles. The molecule has 0 saturated carbocycles. The van der Waals surface area contributed by atoms with Crippen molar-refractivity contribution in [2.45, 2.75) is 19.8 Å². The summed E-state index contributed by atoms with van der Waals surface area (Å²) in [6.45, 7) is 2.70. The average molecular weight is 272 g/mol. The molecule has 1 fully saturated rings. The lowest BCUT2D eigenvalue weighted by Crippen LogP contribution is -2.47. The summed E-state index contributed by atoms with van der Waals surface area (Å²) in [6, 6.07) is -0.315. The summed E-state index contributed by atoms with van der Waals surface area (Å²) in [5, 5.41) is 8.63. The van der Waals surface area contributed by atoms with Gasteiger partial charge in [0.25, 0.3) is 0 Å². The van der Waals surface area contributed by atoms with Gasteiger partial charge in [-0.2, -0.15) is 0 Å². The van der Waals surface area contributed by atoms with Gasteiger partial charge in [-0.15, -0.1) is 0 Å². The standard InChI is InChI=1S/C12H20N2O5/c1-3-19-11(17)9-4-6-14(7-5-9)12(18)13(2)8-10(15)16/h9H,3-8H2,1-2H3,(H,15,16). The maximum atomic E-state index is 11.9. The first-order valence-electron chi connectivity index (χ1n) is 6.34. The summed E-state index contributed by atoms with van der Waals surface area (Å²) in [6.07, 6.45) is 1.12. The highest BCUT2D eigenvalue weighted by Gasteiger charge is 2.29. The van der Waals surface area contributed by atoms with Crippen LogP contribution in [0.1, 0.15) is 19.8 Å². The number of likely N-dealkylation sites (N-methyl/N-ethyl adjacent to an activating group) is 1. The summed E-state index contributed by atoms with van der Waals surface area (Å²) in [7, 11) is 1.45. The smallest absolute Gasteiger partial charge is 0.323 e. The number of carboxylic acids is 1. The number of esters is 1. The number of aliphatic carboxylic acids is 1. The number of carboxylic acid groups (broad SMARTS) is 1. The molecule has 0 radical (unpaired) electrons. The topological polar surface area (TPSA) is 87.2 Å². The van der Waals surface area contributed by atoms with Crippen molar-refractivity contribution in [3.8, 4) is 0 Å². The minimum Gasteiger partial charge on any atom is -0.480 e. The summed E-state index contributed by atoms with van der Waals surface area (Å²) < 4.78 is 4.95. The van der Waals surface area contributed by atoms with Crippen molar-refractivity contribution in [3.63, 3.8) is 0 Å². The first-order valence-corrected chi connectivity index (χ1v) is 6.34. The molecule has 0 aromatic heterocycles. The molecule has 19 heavy (non-hydrogen) atoms. The summed E-state index contributed by atoms with van der Waals surface area (Å²) in [4.78, 5) is 36.7. The molecular formula is C12H20N2O5. The van der Waals surface area contributed by atoms with Gasteiger partial charge in [-0.25, -0.2) is 4.79 Å². The fourth-order valence-corrected chi connectivity index (χ4v) is 2.08. The van der Waals surface area contributed by atoms with E-state index in [4.69, 9.17) is 9.84 Å². The van der Waals surface area contributed by atoms with Gasteiger partial charge in [0.15, 0.2) is 0 Å². The van der Waals surface area contributed by atoms with Gasteiger partial charge in [0.05, 0.1) is 12.5 Å². The molecule has 0 unspecified atom stereocenters. The van der Waals surface area contributed by atoms with E-state index in [-0.39, 0.29) is 24.5 Å². The van der Waals surface area contributed by atoms with Crippen molar-refractivity contribution in [2.75, 3.05) is 33.3 Å². The Morgan fingerprint density at radius 1 is 1.32 bits per heavy atom. The van der Waals surface area contributed by atoms with Crippen molar-refractivity contribution in [3.05, 3.63) is 0 Å². The second kappa shape index (κ2) is 6.96. The van der Waals surface area contributed by atoms with E-state index in [2.05, 4.69) is 0 Å². The molecule has 0 spiro atoms. The van der Waals surface area contributed by atoms with Crippen LogP contribution >= 0.6 is 0 Å². The van der Waals surface area contributed by atoms with Crippen LogP contribution in [0.5, 0.6) is 0 Å². The Bertz CT molecular complexity index is 350. The fraction of sp³-hybridized carbons (Fsp3) is 0.750. The summed E-state index contributed by atoms with van der Waals surface area (Å²) in [5.74, 6) is -1.42. The molecule has 1 rings (SSSR count). The molecule has 0 atom stereocenters. The Morgan fingerprint density at radius 2 is 1.89 bits per heavy atom. The predicted octanol–water partition coefficient (Wildman–Crippen LogP) is 0.398.